The fraction of sp³-hybridized carbons (Fsp3) is 0.316. The normalized spacial score (nSPS) is 13.1. The van der Waals surface area contributed by atoms with Crippen molar-refractivity contribution in [2.24, 2.45) is 0 Å². The lowest BCUT2D eigenvalue weighted by atomic mass is 10.1. The number of anilines is 2. The molecule has 1 N–H and O–H groups in total. The van der Waals surface area contributed by atoms with Gasteiger partial charge < -0.3 is 5.32 Å². The highest BCUT2D eigenvalue weighted by Gasteiger charge is 2.34. The van der Waals surface area contributed by atoms with Crippen molar-refractivity contribution in [2.45, 2.75) is 33.0 Å². The zero-order valence-corrected chi connectivity index (χ0v) is 17.7. The minimum Gasteiger partial charge on any atom is -0.324 e. The summed E-state index contributed by atoms with van der Waals surface area (Å²) in [4.78, 5) is 12.7. The van der Waals surface area contributed by atoms with Gasteiger partial charge in [0.2, 0.25) is 15.9 Å². The van der Waals surface area contributed by atoms with E-state index in [4.69, 9.17) is 11.6 Å². The first kappa shape index (κ1) is 23.0. The Hall–Kier alpha value is -2.26. The van der Waals surface area contributed by atoms with Crippen LogP contribution in [0.15, 0.2) is 36.4 Å². The van der Waals surface area contributed by atoms with Gasteiger partial charge >= 0.3 is 6.18 Å². The van der Waals surface area contributed by atoms with Gasteiger partial charge in [-0.05, 0) is 62.2 Å². The van der Waals surface area contributed by atoms with E-state index in [1.807, 2.05) is 6.07 Å². The molecule has 0 heterocycles. The van der Waals surface area contributed by atoms with Gasteiger partial charge in [-0.3, -0.25) is 9.10 Å². The lowest BCUT2D eigenvalue weighted by Crippen LogP contribution is -2.45. The summed E-state index contributed by atoms with van der Waals surface area (Å²) < 4.78 is 64.7. The number of aryl methyl sites for hydroxylation is 2. The second-order valence-electron chi connectivity index (χ2n) is 6.76. The van der Waals surface area contributed by atoms with E-state index in [-0.39, 0.29) is 5.69 Å². The minimum atomic E-state index is -4.69. The molecule has 158 valence electrons. The number of rotatable bonds is 5. The Bertz CT molecular complexity index is 1020. The number of hydrogen-bond acceptors (Lipinski definition) is 3. The van der Waals surface area contributed by atoms with Crippen molar-refractivity contribution in [3.63, 3.8) is 0 Å². The highest BCUT2D eigenvalue weighted by Crippen LogP contribution is 2.36. The molecule has 0 aliphatic carbocycles. The number of carbonyl (C=O) groups excluding carboxylic acids is 1. The van der Waals surface area contributed by atoms with E-state index >= 15 is 0 Å². The molecule has 2 aromatic carbocycles. The number of alkyl halides is 3. The molecule has 0 radical (unpaired) electrons. The smallest absolute Gasteiger partial charge is 0.324 e. The van der Waals surface area contributed by atoms with Gasteiger partial charge in [0, 0.05) is 5.69 Å². The van der Waals surface area contributed by atoms with Crippen LogP contribution in [0.25, 0.3) is 0 Å². The summed E-state index contributed by atoms with van der Waals surface area (Å²) >= 11 is 5.58. The molecule has 0 bridgehead atoms. The predicted octanol–water partition coefficient (Wildman–Crippen LogP) is 4.77. The molecule has 0 unspecified atom stereocenters. The summed E-state index contributed by atoms with van der Waals surface area (Å²) in [6.07, 6.45) is -3.74. The molecule has 2 rings (SSSR count). The zero-order chi connectivity index (χ0) is 22.1. The maximum Gasteiger partial charge on any atom is 0.417 e. The first-order valence-corrected chi connectivity index (χ1v) is 10.7. The van der Waals surface area contributed by atoms with Crippen LogP contribution in [-0.4, -0.2) is 26.6 Å². The molecule has 5 nitrogen and oxygen atoms in total. The number of sulfonamides is 1. The van der Waals surface area contributed by atoms with Crippen LogP contribution >= 0.6 is 11.6 Å². The van der Waals surface area contributed by atoms with E-state index in [1.54, 1.807) is 26.0 Å². The summed E-state index contributed by atoms with van der Waals surface area (Å²) in [6.45, 7) is 4.93. The molecule has 1 atom stereocenters. The summed E-state index contributed by atoms with van der Waals surface area (Å²) in [7, 11) is -3.85. The Morgan fingerprint density at radius 1 is 1.10 bits per heavy atom. The molecule has 2 aromatic rings. The average Bonchev–Trinajstić information content (AvgIpc) is 2.53. The number of hydrogen-bond donors (Lipinski definition) is 1. The third-order valence-electron chi connectivity index (χ3n) is 4.09. The molecule has 1 amide bonds. The first-order valence-electron chi connectivity index (χ1n) is 8.45. The van der Waals surface area contributed by atoms with E-state index in [9.17, 15) is 26.4 Å². The summed E-state index contributed by atoms with van der Waals surface area (Å²) in [5, 5.41) is 1.83. The van der Waals surface area contributed by atoms with Gasteiger partial charge in [0.15, 0.2) is 0 Å². The number of amides is 1. The number of halogens is 4. The molecule has 10 heteroatoms. The van der Waals surface area contributed by atoms with Gasteiger partial charge in [0.25, 0.3) is 0 Å². The quantitative estimate of drug-likeness (QED) is 0.716. The van der Waals surface area contributed by atoms with Gasteiger partial charge in [0.1, 0.15) is 6.04 Å². The van der Waals surface area contributed by atoms with Gasteiger partial charge in [0.05, 0.1) is 22.5 Å². The maximum absolute atomic E-state index is 13.0. The highest BCUT2D eigenvalue weighted by molar-refractivity contribution is 7.92. The lowest BCUT2D eigenvalue weighted by molar-refractivity contribution is -0.137. The van der Waals surface area contributed by atoms with E-state index < -0.39 is 38.7 Å². The molecule has 0 spiro atoms. The van der Waals surface area contributed by atoms with Crippen molar-refractivity contribution in [3.8, 4) is 0 Å². The second kappa shape index (κ2) is 8.23. The Labute approximate surface area is 172 Å². The third kappa shape index (κ3) is 5.63. The fourth-order valence-corrected chi connectivity index (χ4v) is 4.34. The largest absolute Gasteiger partial charge is 0.417 e. The number of benzene rings is 2. The van der Waals surface area contributed by atoms with Crippen LogP contribution in [0.3, 0.4) is 0 Å². The summed E-state index contributed by atoms with van der Waals surface area (Å²) in [6, 6.07) is 6.79. The fourth-order valence-electron chi connectivity index (χ4n) is 2.95. The van der Waals surface area contributed by atoms with Crippen LogP contribution in [0.2, 0.25) is 5.02 Å². The van der Waals surface area contributed by atoms with Crippen LogP contribution in [0.5, 0.6) is 0 Å². The van der Waals surface area contributed by atoms with Gasteiger partial charge in [-0.2, -0.15) is 13.2 Å². The van der Waals surface area contributed by atoms with Gasteiger partial charge in [-0.15, -0.1) is 0 Å². The molecule has 0 aromatic heterocycles. The molecule has 0 aliphatic rings. The molecule has 0 fully saturated rings. The molecule has 29 heavy (non-hydrogen) atoms. The lowest BCUT2D eigenvalue weighted by Gasteiger charge is -2.29. The third-order valence-corrected chi connectivity index (χ3v) is 5.66. The number of nitrogens with zero attached hydrogens (tertiary/aromatic N) is 1. The minimum absolute atomic E-state index is 0.146. The SMILES string of the molecule is Cc1cc(C)cc(N([C@H](C)C(=O)Nc2ccc(Cl)c(C(F)(F)F)c2)S(C)(=O)=O)c1. The van der Waals surface area contributed by atoms with Crippen LogP contribution in [0.1, 0.15) is 23.6 Å². The Kier molecular flexibility index (Phi) is 6.54. The van der Waals surface area contributed by atoms with E-state index in [0.717, 1.165) is 27.8 Å². The first-order chi connectivity index (χ1) is 13.2. The van der Waals surface area contributed by atoms with Gasteiger partial charge in [-0.1, -0.05) is 17.7 Å². The average molecular weight is 449 g/mol. The molecule has 0 aliphatic heterocycles. The van der Waals surface area contributed by atoms with Crippen molar-refractivity contribution >= 4 is 38.9 Å². The van der Waals surface area contributed by atoms with Crippen molar-refractivity contribution in [1.29, 1.82) is 0 Å². The van der Waals surface area contributed by atoms with Crippen molar-refractivity contribution < 1.29 is 26.4 Å². The van der Waals surface area contributed by atoms with Crippen molar-refractivity contribution in [3.05, 3.63) is 58.1 Å². The Morgan fingerprint density at radius 3 is 2.14 bits per heavy atom. The van der Waals surface area contributed by atoms with E-state index in [1.165, 1.54) is 13.0 Å². The monoisotopic (exact) mass is 448 g/mol. The Balaban J connectivity index is 2.38. The van der Waals surface area contributed by atoms with Crippen molar-refractivity contribution in [1.82, 2.24) is 0 Å². The van der Waals surface area contributed by atoms with Crippen LogP contribution < -0.4 is 9.62 Å². The molecular formula is C19H20ClF3N2O3S. The van der Waals surface area contributed by atoms with Crippen molar-refractivity contribution in [2.75, 3.05) is 15.9 Å². The summed E-state index contributed by atoms with van der Waals surface area (Å²) in [5.41, 5.74) is 0.647. The second-order valence-corrected chi connectivity index (χ2v) is 9.03. The number of carbonyl (C=O) groups is 1. The van der Waals surface area contributed by atoms with Crippen LogP contribution in [0, 0.1) is 13.8 Å². The van der Waals surface area contributed by atoms with E-state index in [0.29, 0.717) is 11.8 Å². The topological polar surface area (TPSA) is 66.5 Å². The summed E-state index contributed by atoms with van der Waals surface area (Å²) in [5.74, 6) is -0.787. The van der Waals surface area contributed by atoms with Crippen LogP contribution in [0.4, 0.5) is 24.5 Å². The molecule has 0 saturated carbocycles. The maximum atomic E-state index is 13.0. The predicted molar refractivity (Wildman–Crippen MR) is 108 cm³/mol. The Morgan fingerprint density at radius 2 is 1.66 bits per heavy atom. The zero-order valence-electron chi connectivity index (χ0n) is 16.1. The molecular weight excluding hydrogens is 429 g/mol. The van der Waals surface area contributed by atoms with E-state index in [2.05, 4.69) is 5.32 Å². The van der Waals surface area contributed by atoms with Gasteiger partial charge in [-0.25, -0.2) is 8.42 Å². The standard InChI is InChI=1S/C19H20ClF3N2O3S/c1-11-7-12(2)9-15(8-11)25(29(4,27)28)13(3)18(26)24-14-5-6-17(20)16(10-14)19(21,22)23/h5-10,13H,1-4H3,(H,24,26)/t13-/m1/s1. The molecule has 0 saturated heterocycles. The number of nitrogens with one attached hydrogen (secondary N) is 1. The van der Waals surface area contributed by atoms with Crippen LogP contribution in [-0.2, 0) is 21.0 Å². The highest BCUT2D eigenvalue weighted by atomic mass is 35.5.